The summed E-state index contributed by atoms with van der Waals surface area (Å²) >= 11 is 0. The third-order valence-corrected chi connectivity index (χ3v) is 3.93. The van der Waals surface area contributed by atoms with Crippen molar-refractivity contribution in [3.05, 3.63) is 69.9 Å². The van der Waals surface area contributed by atoms with Crippen LogP contribution in [0.5, 0.6) is 11.5 Å². The highest BCUT2D eigenvalue weighted by Crippen LogP contribution is 2.35. The van der Waals surface area contributed by atoms with Gasteiger partial charge in [-0.1, -0.05) is 24.3 Å². The first-order valence-electron chi connectivity index (χ1n) is 7.15. The number of fused-ring (bicyclic) bond motifs is 1. The van der Waals surface area contributed by atoms with Crippen LogP contribution in [0.1, 0.15) is 17.0 Å². The van der Waals surface area contributed by atoms with Crippen molar-refractivity contribution in [1.29, 1.82) is 0 Å². The number of aromatic nitrogens is 1. The number of rotatable bonds is 5. The Balaban J connectivity index is 2.13. The van der Waals surface area contributed by atoms with Crippen LogP contribution in [-0.2, 0) is 0 Å². The van der Waals surface area contributed by atoms with E-state index in [2.05, 4.69) is 4.98 Å². The molecule has 3 rings (SSSR count). The number of phenolic OH excluding ortho intramolecular Hbond substituents is 1. The fourth-order valence-corrected chi connectivity index (χ4v) is 2.83. The monoisotopic (exact) mass is 312 g/mol. The Morgan fingerprint density at radius 2 is 2.09 bits per heavy atom. The van der Waals surface area contributed by atoms with Crippen LogP contribution in [0, 0.1) is 10.1 Å². The Kier molecular flexibility index (Phi) is 3.89. The second-order valence-electron chi connectivity index (χ2n) is 5.29. The van der Waals surface area contributed by atoms with Gasteiger partial charge >= 0.3 is 0 Å². The van der Waals surface area contributed by atoms with Crippen molar-refractivity contribution in [2.45, 2.75) is 5.92 Å². The molecule has 0 saturated heterocycles. The van der Waals surface area contributed by atoms with Crippen molar-refractivity contribution < 1.29 is 14.8 Å². The lowest BCUT2D eigenvalue weighted by molar-refractivity contribution is -0.481. The zero-order valence-electron chi connectivity index (χ0n) is 12.5. The molecule has 0 fully saturated rings. The van der Waals surface area contributed by atoms with Crippen molar-refractivity contribution in [3.63, 3.8) is 0 Å². The topological polar surface area (TPSA) is 88.4 Å². The van der Waals surface area contributed by atoms with Crippen LogP contribution in [-0.4, -0.2) is 28.7 Å². The third kappa shape index (κ3) is 2.83. The van der Waals surface area contributed by atoms with Crippen LogP contribution in [0.2, 0.25) is 0 Å². The van der Waals surface area contributed by atoms with E-state index in [0.29, 0.717) is 5.75 Å². The first-order valence-corrected chi connectivity index (χ1v) is 7.15. The van der Waals surface area contributed by atoms with Crippen LogP contribution in [0.3, 0.4) is 0 Å². The highest BCUT2D eigenvalue weighted by molar-refractivity contribution is 5.84. The highest BCUT2D eigenvalue weighted by Gasteiger charge is 2.24. The van der Waals surface area contributed by atoms with E-state index in [-0.39, 0.29) is 17.2 Å². The average molecular weight is 312 g/mol. The zero-order chi connectivity index (χ0) is 16.4. The average Bonchev–Trinajstić information content (AvgIpc) is 2.97. The number of benzene rings is 2. The maximum atomic E-state index is 11.2. The molecular weight excluding hydrogens is 296 g/mol. The molecule has 2 aromatic carbocycles. The molecule has 0 radical (unpaired) electrons. The molecule has 0 unspecified atom stereocenters. The van der Waals surface area contributed by atoms with E-state index in [9.17, 15) is 15.2 Å². The third-order valence-electron chi connectivity index (χ3n) is 3.93. The summed E-state index contributed by atoms with van der Waals surface area (Å²) in [5.41, 5.74) is 2.51. The van der Waals surface area contributed by atoms with Gasteiger partial charge in [0.15, 0.2) is 11.5 Å². The van der Waals surface area contributed by atoms with E-state index in [0.717, 1.165) is 22.0 Å². The maximum absolute atomic E-state index is 11.2. The molecule has 0 amide bonds. The van der Waals surface area contributed by atoms with Crippen molar-refractivity contribution in [2.24, 2.45) is 0 Å². The molecule has 2 N–H and O–H groups in total. The van der Waals surface area contributed by atoms with Gasteiger partial charge < -0.3 is 14.8 Å². The Labute approximate surface area is 132 Å². The summed E-state index contributed by atoms with van der Waals surface area (Å²) < 4.78 is 5.12. The molecule has 0 aliphatic carbocycles. The van der Waals surface area contributed by atoms with Crippen LogP contribution in [0.15, 0.2) is 48.7 Å². The lowest BCUT2D eigenvalue weighted by atomic mass is 9.91. The number of hydrogen-bond acceptors (Lipinski definition) is 4. The summed E-state index contributed by atoms with van der Waals surface area (Å²) in [6, 6.07) is 12.5. The largest absolute Gasteiger partial charge is 0.504 e. The number of hydrogen-bond donors (Lipinski definition) is 2. The van der Waals surface area contributed by atoms with E-state index in [4.69, 9.17) is 4.74 Å². The maximum Gasteiger partial charge on any atom is 0.214 e. The van der Waals surface area contributed by atoms with Crippen LogP contribution in [0.25, 0.3) is 10.9 Å². The molecular formula is C17H16N2O4. The fourth-order valence-electron chi connectivity index (χ4n) is 2.83. The number of H-pyrrole nitrogens is 1. The van der Waals surface area contributed by atoms with Gasteiger partial charge in [-0.3, -0.25) is 10.1 Å². The number of nitrogens with zero attached hydrogens (tertiary/aromatic N) is 1. The van der Waals surface area contributed by atoms with Crippen LogP contribution in [0.4, 0.5) is 0 Å². The van der Waals surface area contributed by atoms with Gasteiger partial charge in [-0.05, 0) is 29.3 Å². The van der Waals surface area contributed by atoms with Crippen LogP contribution >= 0.6 is 0 Å². The van der Waals surface area contributed by atoms with Gasteiger partial charge in [0.25, 0.3) is 0 Å². The minimum Gasteiger partial charge on any atom is -0.504 e. The lowest BCUT2D eigenvalue weighted by Gasteiger charge is -2.14. The summed E-state index contributed by atoms with van der Waals surface area (Å²) in [5.74, 6) is -0.124. The van der Waals surface area contributed by atoms with Gasteiger partial charge in [0.2, 0.25) is 6.54 Å². The molecule has 0 aliphatic heterocycles. The number of para-hydroxylation sites is 1. The number of phenols is 1. The summed E-state index contributed by atoms with van der Waals surface area (Å²) in [6.07, 6.45) is 1.80. The molecule has 0 bridgehead atoms. The Morgan fingerprint density at radius 3 is 2.83 bits per heavy atom. The standard InChI is InChI=1S/C17H16N2O4/c1-23-17-8-11(6-7-16(17)20)14(10-19(21)22)13-9-18-15-5-3-2-4-12(13)15/h2-9,14,18,20H,10H2,1H3/t14-/m1/s1. The summed E-state index contributed by atoms with van der Waals surface area (Å²) in [4.78, 5) is 14.0. The number of aromatic hydroxyl groups is 1. The van der Waals surface area contributed by atoms with Crippen molar-refractivity contribution in [1.82, 2.24) is 4.98 Å². The molecule has 118 valence electrons. The number of ether oxygens (including phenoxy) is 1. The van der Waals surface area contributed by atoms with Gasteiger partial charge in [0, 0.05) is 22.0 Å². The predicted octanol–water partition coefficient (Wildman–Crippen LogP) is 3.29. The molecule has 1 aromatic heterocycles. The van der Waals surface area contributed by atoms with E-state index in [1.54, 1.807) is 18.3 Å². The molecule has 6 nitrogen and oxygen atoms in total. The Hall–Kier alpha value is -3.02. The summed E-state index contributed by atoms with van der Waals surface area (Å²) in [7, 11) is 1.45. The van der Waals surface area contributed by atoms with Gasteiger partial charge in [-0.15, -0.1) is 0 Å². The molecule has 0 spiro atoms. The first kappa shape index (κ1) is 14.9. The Morgan fingerprint density at radius 1 is 1.30 bits per heavy atom. The molecule has 3 aromatic rings. The number of nitro groups is 1. The molecule has 0 saturated carbocycles. The van der Waals surface area contributed by atoms with E-state index in [1.165, 1.54) is 13.2 Å². The molecule has 1 atom stereocenters. The molecule has 6 heteroatoms. The van der Waals surface area contributed by atoms with Gasteiger partial charge in [0.1, 0.15) is 0 Å². The SMILES string of the molecule is COc1cc([C@@H](C[N+](=O)[O-])c2c[nH]c3ccccc23)ccc1O. The van der Waals surface area contributed by atoms with E-state index >= 15 is 0 Å². The molecule has 1 heterocycles. The summed E-state index contributed by atoms with van der Waals surface area (Å²) in [5, 5.41) is 21.8. The summed E-state index contributed by atoms with van der Waals surface area (Å²) in [6.45, 7) is -0.240. The van der Waals surface area contributed by atoms with E-state index in [1.807, 2.05) is 24.3 Å². The second-order valence-corrected chi connectivity index (χ2v) is 5.29. The van der Waals surface area contributed by atoms with Crippen molar-refractivity contribution in [3.8, 4) is 11.5 Å². The quantitative estimate of drug-likeness (QED) is 0.559. The molecule has 23 heavy (non-hydrogen) atoms. The van der Waals surface area contributed by atoms with Crippen LogP contribution < -0.4 is 4.74 Å². The van der Waals surface area contributed by atoms with Gasteiger partial charge in [-0.2, -0.15) is 0 Å². The fraction of sp³-hybridized carbons (Fsp3) is 0.176. The minimum atomic E-state index is -0.435. The lowest BCUT2D eigenvalue weighted by Crippen LogP contribution is -2.13. The number of nitrogens with one attached hydrogen (secondary N) is 1. The highest BCUT2D eigenvalue weighted by atomic mass is 16.6. The van der Waals surface area contributed by atoms with Crippen molar-refractivity contribution in [2.75, 3.05) is 13.7 Å². The smallest absolute Gasteiger partial charge is 0.214 e. The second kappa shape index (κ2) is 6.00. The van der Waals surface area contributed by atoms with Gasteiger partial charge in [-0.25, -0.2) is 0 Å². The van der Waals surface area contributed by atoms with Gasteiger partial charge in [0.05, 0.1) is 13.0 Å². The predicted molar refractivity (Wildman–Crippen MR) is 86.7 cm³/mol. The first-order chi connectivity index (χ1) is 11.1. The minimum absolute atomic E-state index is 0.00929. The van der Waals surface area contributed by atoms with Crippen molar-refractivity contribution >= 4 is 10.9 Å². The van der Waals surface area contributed by atoms with E-state index < -0.39 is 5.92 Å². The zero-order valence-corrected chi connectivity index (χ0v) is 12.5. The number of methoxy groups -OCH3 is 1. The normalized spacial score (nSPS) is 12.2. The number of aromatic amines is 1. The Bertz CT molecular complexity index is 857. The molecule has 0 aliphatic rings.